The number of aryl methyl sites for hydroxylation is 1. The summed E-state index contributed by atoms with van der Waals surface area (Å²) in [7, 11) is 0. The lowest BCUT2D eigenvalue weighted by Gasteiger charge is -2.20. The summed E-state index contributed by atoms with van der Waals surface area (Å²) < 4.78 is 14.6. The van der Waals surface area contributed by atoms with Gasteiger partial charge in [0.15, 0.2) is 5.82 Å². The number of aromatic nitrogens is 2. The Kier molecular flexibility index (Phi) is 4.00. The maximum atomic E-state index is 14.6. The summed E-state index contributed by atoms with van der Waals surface area (Å²) in [6, 6.07) is 13.7. The van der Waals surface area contributed by atoms with E-state index in [1.165, 1.54) is 0 Å². The summed E-state index contributed by atoms with van der Waals surface area (Å²) in [5.41, 5.74) is 3.21. The van der Waals surface area contributed by atoms with Gasteiger partial charge in [-0.3, -0.25) is 4.98 Å². The van der Waals surface area contributed by atoms with Gasteiger partial charge in [-0.05, 0) is 31.0 Å². The van der Waals surface area contributed by atoms with Gasteiger partial charge in [-0.2, -0.15) is 0 Å². The third-order valence-corrected chi connectivity index (χ3v) is 3.78. The van der Waals surface area contributed by atoms with Crippen LogP contribution in [-0.2, 0) is 0 Å². The number of rotatable bonds is 4. The van der Waals surface area contributed by atoms with Crippen molar-refractivity contribution in [2.75, 3.05) is 5.32 Å². The first-order valence-corrected chi connectivity index (χ1v) is 7.43. The molecule has 3 nitrogen and oxygen atoms in total. The predicted octanol–water partition coefficient (Wildman–Crippen LogP) is 4.64. The van der Waals surface area contributed by atoms with Gasteiger partial charge in [0, 0.05) is 6.20 Å². The Morgan fingerprint density at radius 3 is 2.64 bits per heavy atom. The number of fused-ring (bicyclic) bond motifs is 1. The van der Waals surface area contributed by atoms with Gasteiger partial charge in [-0.1, -0.05) is 37.3 Å². The average Bonchev–Trinajstić information content (AvgIpc) is 2.56. The van der Waals surface area contributed by atoms with E-state index in [0.29, 0.717) is 22.4 Å². The second-order valence-corrected chi connectivity index (χ2v) is 5.27. The van der Waals surface area contributed by atoms with Gasteiger partial charge in [-0.15, -0.1) is 0 Å². The molecule has 22 heavy (non-hydrogen) atoms. The van der Waals surface area contributed by atoms with Gasteiger partial charge in [0.1, 0.15) is 11.2 Å². The Bertz CT molecular complexity index is 787. The van der Waals surface area contributed by atoms with E-state index in [-0.39, 0.29) is 11.9 Å². The summed E-state index contributed by atoms with van der Waals surface area (Å²) >= 11 is 0. The first-order chi connectivity index (χ1) is 10.7. The molecule has 3 aromatic rings. The van der Waals surface area contributed by atoms with Crippen LogP contribution in [0.1, 0.15) is 30.6 Å². The highest BCUT2D eigenvalue weighted by Gasteiger charge is 2.17. The summed E-state index contributed by atoms with van der Waals surface area (Å²) in [4.78, 5) is 8.56. The topological polar surface area (TPSA) is 37.8 Å². The van der Waals surface area contributed by atoms with Crippen molar-refractivity contribution in [1.82, 2.24) is 9.97 Å². The van der Waals surface area contributed by atoms with Gasteiger partial charge in [0.2, 0.25) is 0 Å². The van der Waals surface area contributed by atoms with Crippen molar-refractivity contribution in [3.05, 3.63) is 65.7 Å². The second-order valence-electron chi connectivity index (χ2n) is 5.27. The van der Waals surface area contributed by atoms with Crippen LogP contribution < -0.4 is 5.32 Å². The van der Waals surface area contributed by atoms with Crippen LogP contribution in [0.3, 0.4) is 0 Å². The first kappa shape index (κ1) is 14.4. The Labute approximate surface area is 129 Å². The zero-order chi connectivity index (χ0) is 15.5. The summed E-state index contributed by atoms with van der Waals surface area (Å²) in [6.45, 7) is 3.75. The van der Waals surface area contributed by atoms with Gasteiger partial charge < -0.3 is 5.32 Å². The summed E-state index contributed by atoms with van der Waals surface area (Å²) in [6.07, 6.45) is 2.51. The highest BCUT2D eigenvalue weighted by atomic mass is 19.1. The molecule has 1 N–H and O–H groups in total. The van der Waals surface area contributed by atoms with E-state index in [2.05, 4.69) is 22.2 Å². The lowest BCUT2D eigenvalue weighted by atomic mass is 10.0. The molecule has 0 aliphatic heterocycles. The molecule has 112 valence electrons. The van der Waals surface area contributed by atoms with Crippen LogP contribution in [0, 0.1) is 12.7 Å². The molecule has 1 aromatic carbocycles. The number of nitrogens with one attached hydrogen (secondary N) is 1. The number of anilines is 1. The van der Waals surface area contributed by atoms with Crippen molar-refractivity contribution in [1.29, 1.82) is 0 Å². The minimum atomic E-state index is -0.333. The van der Waals surface area contributed by atoms with Gasteiger partial charge in [0.05, 0.1) is 17.3 Å². The third-order valence-electron chi connectivity index (χ3n) is 3.78. The normalized spacial score (nSPS) is 12.3. The molecule has 0 fully saturated rings. The van der Waals surface area contributed by atoms with E-state index in [0.717, 1.165) is 12.0 Å². The standard InChI is InChI=1S/C18H18FN3/c1-3-14(13-8-5-4-6-9-13)22-18-16(19)12(2)21-15-10-7-11-20-17(15)18/h4-11,14H,3H2,1-2H3,(H,21,22)/t14-/m1/s1. The van der Waals surface area contributed by atoms with E-state index in [9.17, 15) is 4.39 Å². The van der Waals surface area contributed by atoms with Gasteiger partial charge in [0.25, 0.3) is 0 Å². The number of benzene rings is 1. The van der Waals surface area contributed by atoms with Crippen LogP contribution in [0.4, 0.5) is 10.1 Å². The fourth-order valence-corrected chi connectivity index (χ4v) is 2.61. The van der Waals surface area contributed by atoms with Crippen molar-refractivity contribution in [2.45, 2.75) is 26.3 Å². The van der Waals surface area contributed by atoms with Crippen molar-refractivity contribution in [3.63, 3.8) is 0 Å². The Hall–Kier alpha value is -2.49. The molecule has 0 bridgehead atoms. The number of hydrogen-bond acceptors (Lipinski definition) is 3. The van der Waals surface area contributed by atoms with E-state index in [1.807, 2.05) is 42.5 Å². The first-order valence-electron chi connectivity index (χ1n) is 7.43. The lowest BCUT2D eigenvalue weighted by molar-refractivity contribution is 0.609. The van der Waals surface area contributed by atoms with Gasteiger partial charge in [-0.25, -0.2) is 9.37 Å². The molecule has 0 aliphatic carbocycles. The Morgan fingerprint density at radius 1 is 1.14 bits per heavy atom. The van der Waals surface area contributed by atoms with E-state index in [1.54, 1.807) is 13.1 Å². The summed E-state index contributed by atoms with van der Waals surface area (Å²) in [5.74, 6) is -0.333. The van der Waals surface area contributed by atoms with E-state index in [4.69, 9.17) is 0 Å². The largest absolute Gasteiger partial charge is 0.374 e. The number of pyridine rings is 2. The van der Waals surface area contributed by atoms with E-state index < -0.39 is 0 Å². The number of halogens is 1. The molecule has 0 radical (unpaired) electrons. The number of hydrogen-bond donors (Lipinski definition) is 1. The third kappa shape index (κ3) is 2.64. The molecule has 1 atom stereocenters. The summed E-state index contributed by atoms with van der Waals surface area (Å²) in [5, 5.41) is 3.32. The Morgan fingerprint density at radius 2 is 1.91 bits per heavy atom. The van der Waals surface area contributed by atoms with Crippen molar-refractivity contribution in [3.8, 4) is 0 Å². The van der Waals surface area contributed by atoms with Crippen LogP contribution in [0.2, 0.25) is 0 Å². The molecule has 3 rings (SSSR count). The minimum Gasteiger partial charge on any atom is -0.374 e. The quantitative estimate of drug-likeness (QED) is 0.762. The molecule has 0 unspecified atom stereocenters. The maximum Gasteiger partial charge on any atom is 0.169 e. The molecule has 0 amide bonds. The van der Waals surface area contributed by atoms with Crippen LogP contribution in [0.15, 0.2) is 48.7 Å². The fraction of sp³-hybridized carbons (Fsp3) is 0.222. The van der Waals surface area contributed by atoms with E-state index >= 15 is 0 Å². The fourth-order valence-electron chi connectivity index (χ4n) is 2.61. The van der Waals surface area contributed by atoms with Crippen LogP contribution in [-0.4, -0.2) is 9.97 Å². The van der Waals surface area contributed by atoms with Crippen molar-refractivity contribution < 1.29 is 4.39 Å². The predicted molar refractivity (Wildman–Crippen MR) is 87.3 cm³/mol. The van der Waals surface area contributed by atoms with Crippen LogP contribution in [0.5, 0.6) is 0 Å². The van der Waals surface area contributed by atoms with Crippen molar-refractivity contribution >= 4 is 16.7 Å². The Balaban J connectivity index is 2.08. The molecule has 0 spiro atoms. The smallest absolute Gasteiger partial charge is 0.169 e. The molecule has 2 aromatic heterocycles. The second kappa shape index (κ2) is 6.10. The minimum absolute atomic E-state index is 0.0303. The lowest BCUT2D eigenvalue weighted by Crippen LogP contribution is -2.12. The molecular weight excluding hydrogens is 277 g/mol. The number of nitrogens with zero attached hydrogens (tertiary/aromatic N) is 2. The highest BCUT2D eigenvalue weighted by Crippen LogP contribution is 2.30. The zero-order valence-electron chi connectivity index (χ0n) is 12.7. The zero-order valence-corrected chi connectivity index (χ0v) is 12.7. The van der Waals surface area contributed by atoms with Crippen molar-refractivity contribution in [2.24, 2.45) is 0 Å². The molecule has 0 saturated heterocycles. The monoisotopic (exact) mass is 295 g/mol. The molecule has 0 aliphatic rings. The van der Waals surface area contributed by atoms with Crippen LogP contribution >= 0.6 is 0 Å². The average molecular weight is 295 g/mol. The maximum absolute atomic E-state index is 14.6. The molecule has 4 heteroatoms. The van der Waals surface area contributed by atoms with Gasteiger partial charge >= 0.3 is 0 Å². The SMILES string of the molecule is CC[C@@H](Nc1c(F)c(C)nc2cccnc12)c1ccccc1. The van der Waals surface area contributed by atoms with Crippen LogP contribution in [0.25, 0.3) is 11.0 Å². The molecule has 0 saturated carbocycles. The molecule has 2 heterocycles. The molecular formula is C18H18FN3. The highest BCUT2D eigenvalue weighted by molar-refractivity contribution is 5.88.